The quantitative estimate of drug-likeness (QED) is 0.704. The Bertz CT molecular complexity index is 1060. The summed E-state index contributed by atoms with van der Waals surface area (Å²) in [4.78, 5) is 3.96. The first-order valence-corrected chi connectivity index (χ1v) is 8.96. The second-order valence-corrected chi connectivity index (χ2v) is 6.86. The van der Waals surface area contributed by atoms with E-state index in [9.17, 15) is 17.9 Å². The van der Waals surface area contributed by atoms with Gasteiger partial charge in [0.05, 0.1) is 12.0 Å². The molecule has 0 amide bonds. The second-order valence-electron chi connectivity index (χ2n) is 5.33. The number of primary sulfonamides is 1. The number of nitrogens with zero attached hydrogens (tertiary/aromatic N) is 1. The molecule has 0 spiro atoms. The summed E-state index contributed by atoms with van der Waals surface area (Å²) in [6.07, 6.45) is 0. The Balaban J connectivity index is 2.26. The summed E-state index contributed by atoms with van der Waals surface area (Å²) >= 11 is 0. The van der Waals surface area contributed by atoms with Gasteiger partial charge in [-0.25, -0.2) is 22.9 Å². The summed E-state index contributed by atoms with van der Waals surface area (Å²) in [5, 5.41) is 14.6. The van der Waals surface area contributed by atoms with Gasteiger partial charge in [0.25, 0.3) is 0 Å². The second kappa shape index (κ2) is 6.87. The number of rotatable bonds is 5. The summed E-state index contributed by atoms with van der Waals surface area (Å²) in [6, 6.07) is 10.1. The zero-order valence-electron chi connectivity index (χ0n) is 13.6. The van der Waals surface area contributed by atoms with Gasteiger partial charge in [-0.2, -0.15) is 0 Å². The van der Waals surface area contributed by atoms with Gasteiger partial charge in [-0.05, 0) is 30.3 Å². The summed E-state index contributed by atoms with van der Waals surface area (Å²) in [5.41, 5.74) is 0.658. The topological polar surface area (TPSA) is 116 Å². The molecule has 0 saturated carbocycles. The number of benzene rings is 2. The van der Waals surface area contributed by atoms with Crippen LogP contribution < -0.4 is 9.88 Å². The molecule has 3 N–H and O–H groups in total. The lowest BCUT2D eigenvalue weighted by Gasteiger charge is -2.08. The van der Waals surface area contributed by atoms with Gasteiger partial charge in [-0.1, -0.05) is 12.1 Å². The minimum absolute atomic E-state index is 0.0459. The fraction of sp³-hybridized carbons (Fsp3) is 0.118. The van der Waals surface area contributed by atoms with Crippen molar-refractivity contribution in [1.29, 1.82) is 0 Å². The van der Waals surface area contributed by atoms with Crippen LogP contribution in [0.3, 0.4) is 0 Å². The Morgan fingerprint density at radius 2 is 2.00 bits per heavy atom. The molecule has 136 valence electrons. The van der Waals surface area contributed by atoms with Crippen LogP contribution in [0.4, 0.5) is 4.39 Å². The molecule has 1 aromatic heterocycles. The van der Waals surface area contributed by atoms with Gasteiger partial charge in [0.2, 0.25) is 15.9 Å². The standard InChI is InChI=1S/C17H15FN2O5S/c1-24-13-7-6-10(8-12(13)18)16-17(25-15(9-21)20-16)11-4-2-3-5-14(11)26(19,22)23/h2-8,21H,9H2,1H3,(H2,19,22,23). The van der Waals surface area contributed by atoms with E-state index in [1.165, 1.54) is 37.4 Å². The van der Waals surface area contributed by atoms with E-state index in [0.717, 1.165) is 0 Å². The number of aliphatic hydroxyl groups excluding tert-OH is 1. The number of sulfonamides is 1. The number of aromatic nitrogens is 1. The average molecular weight is 378 g/mol. The van der Waals surface area contributed by atoms with E-state index in [1.807, 2.05) is 0 Å². The van der Waals surface area contributed by atoms with E-state index in [2.05, 4.69) is 4.98 Å². The Kier molecular flexibility index (Phi) is 4.77. The van der Waals surface area contributed by atoms with Crippen molar-refractivity contribution in [2.75, 3.05) is 7.11 Å². The van der Waals surface area contributed by atoms with Crippen LogP contribution in [0.15, 0.2) is 51.8 Å². The van der Waals surface area contributed by atoms with E-state index in [1.54, 1.807) is 12.1 Å². The molecule has 0 aliphatic rings. The lowest BCUT2D eigenvalue weighted by atomic mass is 10.1. The van der Waals surface area contributed by atoms with Crippen molar-refractivity contribution in [2.24, 2.45) is 5.14 Å². The number of ether oxygens (including phenoxy) is 1. The lowest BCUT2D eigenvalue weighted by molar-refractivity contribution is 0.241. The van der Waals surface area contributed by atoms with Crippen molar-refractivity contribution in [2.45, 2.75) is 11.5 Å². The normalized spacial score (nSPS) is 11.5. The van der Waals surface area contributed by atoms with Gasteiger partial charge in [0.15, 0.2) is 17.3 Å². The first-order valence-electron chi connectivity index (χ1n) is 7.42. The number of oxazole rings is 1. The van der Waals surface area contributed by atoms with Crippen molar-refractivity contribution < 1.29 is 27.1 Å². The molecule has 3 aromatic rings. The Morgan fingerprint density at radius 3 is 2.62 bits per heavy atom. The maximum atomic E-state index is 14.1. The van der Waals surface area contributed by atoms with Gasteiger partial charge >= 0.3 is 0 Å². The molecule has 0 radical (unpaired) electrons. The van der Waals surface area contributed by atoms with E-state index >= 15 is 0 Å². The predicted molar refractivity (Wildman–Crippen MR) is 91.2 cm³/mol. The van der Waals surface area contributed by atoms with Crippen molar-refractivity contribution in [3.05, 3.63) is 54.2 Å². The van der Waals surface area contributed by atoms with Crippen molar-refractivity contribution >= 4 is 10.0 Å². The summed E-state index contributed by atoms with van der Waals surface area (Å²) < 4.78 is 48.2. The summed E-state index contributed by atoms with van der Waals surface area (Å²) in [6.45, 7) is -0.511. The van der Waals surface area contributed by atoms with Crippen LogP contribution in [0.5, 0.6) is 5.75 Å². The molecule has 1 heterocycles. The highest BCUT2D eigenvalue weighted by atomic mass is 32.2. The van der Waals surface area contributed by atoms with E-state index in [0.29, 0.717) is 5.56 Å². The minimum Gasteiger partial charge on any atom is -0.494 e. The van der Waals surface area contributed by atoms with Crippen molar-refractivity contribution in [3.63, 3.8) is 0 Å². The molecular weight excluding hydrogens is 363 g/mol. The van der Waals surface area contributed by atoms with Crippen LogP contribution >= 0.6 is 0 Å². The minimum atomic E-state index is -4.04. The zero-order valence-corrected chi connectivity index (χ0v) is 14.5. The van der Waals surface area contributed by atoms with Crippen LogP contribution in [0.2, 0.25) is 0 Å². The first-order chi connectivity index (χ1) is 12.3. The van der Waals surface area contributed by atoms with E-state index in [4.69, 9.17) is 14.3 Å². The highest BCUT2D eigenvalue weighted by molar-refractivity contribution is 7.89. The molecule has 7 nitrogen and oxygen atoms in total. The maximum Gasteiger partial charge on any atom is 0.238 e. The number of methoxy groups -OCH3 is 1. The van der Waals surface area contributed by atoms with E-state index in [-0.39, 0.29) is 33.6 Å². The van der Waals surface area contributed by atoms with Gasteiger partial charge < -0.3 is 14.3 Å². The molecular formula is C17H15FN2O5S. The largest absolute Gasteiger partial charge is 0.494 e. The number of halogens is 1. The maximum absolute atomic E-state index is 14.1. The average Bonchev–Trinajstić information content (AvgIpc) is 3.05. The third-order valence-corrected chi connectivity index (χ3v) is 4.64. The number of hydrogen-bond donors (Lipinski definition) is 2. The molecule has 3 rings (SSSR count). The van der Waals surface area contributed by atoms with Crippen molar-refractivity contribution in [3.8, 4) is 28.3 Å². The molecule has 0 atom stereocenters. The Morgan fingerprint density at radius 1 is 1.27 bits per heavy atom. The van der Waals surface area contributed by atoms with Crippen LogP contribution in [-0.4, -0.2) is 25.6 Å². The Labute approximate surface area is 148 Å². The fourth-order valence-corrected chi connectivity index (χ4v) is 3.26. The Hall–Kier alpha value is -2.75. The highest BCUT2D eigenvalue weighted by Crippen LogP contribution is 2.37. The summed E-state index contributed by atoms with van der Waals surface area (Å²) in [7, 11) is -2.70. The number of hydrogen-bond acceptors (Lipinski definition) is 6. The molecule has 0 fully saturated rings. The monoisotopic (exact) mass is 378 g/mol. The first kappa shape index (κ1) is 18.1. The fourth-order valence-electron chi connectivity index (χ4n) is 2.53. The molecule has 0 saturated heterocycles. The van der Waals surface area contributed by atoms with Gasteiger partial charge in [-0.3, -0.25) is 0 Å². The van der Waals surface area contributed by atoms with Crippen LogP contribution in [-0.2, 0) is 16.6 Å². The number of aliphatic hydroxyl groups is 1. The summed E-state index contributed by atoms with van der Waals surface area (Å²) in [5.74, 6) is -0.561. The van der Waals surface area contributed by atoms with Crippen LogP contribution in [0.1, 0.15) is 5.89 Å². The van der Waals surface area contributed by atoms with Crippen molar-refractivity contribution in [1.82, 2.24) is 4.98 Å². The smallest absolute Gasteiger partial charge is 0.238 e. The lowest BCUT2D eigenvalue weighted by Crippen LogP contribution is -2.13. The van der Waals surface area contributed by atoms with Crippen LogP contribution in [0, 0.1) is 5.82 Å². The van der Waals surface area contributed by atoms with Gasteiger partial charge in [-0.15, -0.1) is 0 Å². The van der Waals surface area contributed by atoms with Crippen LogP contribution in [0.25, 0.3) is 22.6 Å². The van der Waals surface area contributed by atoms with E-state index < -0.39 is 22.4 Å². The molecule has 0 aliphatic carbocycles. The molecule has 0 aliphatic heterocycles. The zero-order chi connectivity index (χ0) is 18.9. The molecule has 0 bridgehead atoms. The molecule has 2 aromatic carbocycles. The highest BCUT2D eigenvalue weighted by Gasteiger charge is 2.23. The van der Waals surface area contributed by atoms with Gasteiger partial charge in [0, 0.05) is 11.1 Å². The molecule has 9 heteroatoms. The third-order valence-electron chi connectivity index (χ3n) is 3.67. The number of nitrogens with two attached hydrogens (primary N) is 1. The molecule has 26 heavy (non-hydrogen) atoms. The van der Waals surface area contributed by atoms with Gasteiger partial charge in [0.1, 0.15) is 12.3 Å². The predicted octanol–water partition coefficient (Wildman–Crippen LogP) is 2.30. The third kappa shape index (κ3) is 3.32. The molecule has 0 unspecified atom stereocenters. The SMILES string of the molecule is COc1ccc(-c2nc(CO)oc2-c2ccccc2S(N)(=O)=O)cc1F.